The molecule has 96 valence electrons. The largest absolute Gasteiger partial charge is 0.497 e. The molecule has 0 N–H and O–H groups in total. The summed E-state index contributed by atoms with van der Waals surface area (Å²) in [5, 5.41) is 0. The third-order valence-corrected chi connectivity index (χ3v) is 3.80. The van der Waals surface area contributed by atoms with Crippen LogP contribution in [0.25, 0.3) is 16.7 Å². The highest BCUT2D eigenvalue weighted by Gasteiger charge is 2.25. The molecule has 2 aromatic carbocycles. The summed E-state index contributed by atoms with van der Waals surface area (Å²) >= 11 is 12.2. The Hall–Kier alpha value is -1.44. The fourth-order valence-corrected chi connectivity index (χ4v) is 2.95. The zero-order valence-corrected chi connectivity index (χ0v) is 12.1. The van der Waals surface area contributed by atoms with Gasteiger partial charge >= 0.3 is 0 Å². The first kappa shape index (κ1) is 12.6. The van der Waals surface area contributed by atoms with Crippen molar-refractivity contribution >= 4 is 28.8 Å². The molecule has 0 heterocycles. The van der Waals surface area contributed by atoms with Gasteiger partial charge in [0.1, 0.15) is 10.2 Å². The van der Waals surface area contributed by atoms with Crippen LogP contribution < -0.4 is 4.74 Å². The first-order chi connectivity index (χ1) is 9.11. The van der Waals surface area contributed by atoms with Gasteiger partial charge in [0, 0.05) is 5.57 Å². The minimum atomic E-state index is 0.302. The molecular formula is C16H12Cl2O. The Labute approximate surface area is 122 Å². The molecule has 0 aliphatic heterocycles. The maximum absolute atomic E-state index is 6.08. The van der Waals surface area contributed by atoms with Gasteiger partial charge in [-0.1, -0.05) is 47.0 Å². The smallest absolute Gasteiger partial charge is 0.119 e. The molecule has 0 spiro atoms. The summed E-state index contributed by atoms with van der Waals surface area (Å²) in [5.74, 6) is 0.831. The standard InChI is InChI=1S/C16H12Cl2O/c1-9-3-5-11-13-8-10(19-2)4-6-12(13)15(16(17)18)14(11)7-9/h3-8H,1-2H3. The van der Waals surface area contributed by atoms with Crippen molar-refractivity contribution in [3.05, 3.63) is 57.6 Å². The van der Waals surface area contributed by atoms with Crippen LogP contribution in [0.3, 0.4) is 0 Å². The number of halogens is 2. The van der Waals surface area contributed by atoms with Crippen LogP contribution in [0.4, 0.5) is 0 Å². The second kappa shape index (κ2) is 4.59. The van der Waals surface area contributed by atoms with E-state index in [9.17, 15) is 0 Å². The van der Waals surface area contributed by atoms with E-state index in [0.29, 0.717) is 4.49 Å². The highest BCUT2D eigenvalue weighted by molar-refractivity contribution is 6.59. The first-order valence-corrected chi connectivity index (χ1v) is 6.72. The van der Waals surface area contributed by atoms with E-state index in [4.69, 9.17) is 27.9 Å². The Morgan fingerprint density at radius 3 is 2.32 bits per heavy atom. The number of aryl methyl sites for hydroxylation is 1. The third-order valence-electron chi connectivity index (χ3n) is 3.42. The molecule has 2 aromatic rings. The van der Waals surface area contributed by atoms with Crippen molar-refractivity contribution in [2.24, 2.45) is 0 Å². The van der Waals surface area contributed by atoms with Crippen molar-refractivity contribution in [3.63, 3.8) is 0 Å². The van der Waals surface area contributed by atoms with Crippen LogP contribution in [0, 0.1) is 6.92 Å². The van der Waals surface area contributed by atoms with Crippen molar-refractivity contribution in [2.45, 2.75) is 6.92 Å². The van der Waals surface area contributed by atoms with E-state index in [1.54, 1.807) is 7.11 Å². The van der Waals surface area contributed by atoms with Crippen molar-refractivity contribution in [2.75, 3.05) is 7.11 Å². The Bertz CT molecular complexity index is 698. The van der Waals surface area contributed by atoms with Crippen LogP contribution in [-0.2, 0) is 0 Å². The Morgan fingerprint density at radius 2 is 1.63 bits per heavy atom. The summed E-state index contributed by atoms with van der Waals surface area (Å²) in [6.45, 7) is 2.06. The number of ether oxygens (including phenoxy) is 1. The number of rotatable bonds is 1. The number of hydrogen-bond acceptors (Lipinski definition) is 1. The molecule has 0 atom stereocenters. The van der Waals surface area contributed by atoms with E-state index in [0.717, 1.165) is 33.6 Å². The molecule has 1 aliphatic carbocycles. The van der Waals surface area contributed by atoms with Gasteiger partial charge in [0.25, 0.3) is 0 Å². The zero-order valence-electron chi connectivity index (χ0n) is 10.6. The zero-order chi connectivity index (χ0) is 13.6. The molecule has 0 amide bonds. The van der Waals surface area contributed by atoms with Gasteiger partial charge in [0.15, 0.2) is 0 Å². The van der Waals surface area contributed by atoms with Crippen molar-refractivity contribution < 1.29 is 4.74 Å². The van der Waals surface area contributed by atoms with Gasteiger partial charge in [-0.2, -0.15) is 0 Å². The average molecular weight is 291 g/mol. The van der Waals surface area contributed by atoms with Gasteiger partial charge in [-0.05, 0) is 47.4 Å². The number of fused-ring (bicyclic) bond motifs is 3. The van der Waals surface area contributed by atoms with E-state index in [1.165, 1.54) is 5.56 Å². The maximum atomic E-state index is 6.08. The van der Waals surface area contributed by atoms with Crippen molar-refractivity contribution in [3.8, 4) is 16.9 Å². The van der Waals surface area contributed by atoms with Gasteiger partial charge in [-0.15, -0.1) is 0 Å². The topological polar surface area (TPSA) is 9.23 Å². The lowest BCUT2D eigenvalue weighted by Crippen LogP contribution is -1.85. The second-order valence-electron chi connectivity index (χ2n) is 4.60. The fraction of sp³-hybridized carbons (Fsp3) is 0.125. The number of benzene rings is 2. The second-order valence-corrected chi connectivity index (χ2v) is 5.55. The summed E-state index contributed by atoms with van der Waals surface area (Å²) in [6.07, 6.45) is 0. The average Bonchev–Trinajstić information content (AvgIpc) is 2.70. The highest BCUT2D eigenvalue weighted by Crippen LogP contribution is 2.48. The number of hydrogen-bond donors (Lipinski definition) is 0. The van der Waals surface area contributed by atoms with Gasteiger partial charge < -0.3 is 4.74 Å². The molecule has 19 heavy (non-hydrogen) atoms. The summed E-state index contributed by atoms with van der Waals surface area (Å²) < 4.78 is 5.59. The van der Waals surface area contributed by atoms with Gasteiger partial charge in [-0.25, -0.2) is 0 Å². The Balaban J connectivity index is 2.36. The molecular weight excluding hydrogens is 279 g/mol. The SMILES string of the molecule is COc1ccc2c(c1)-c1ccc(C)cc1C2=C(Cl)Cl. The Morgan fingerprint density at radius 1 is 0.895 bits per heavy atom. The molecule has 3 rings (SSSR count). The molecule has 0 fully saturated rings. The van der Waals surface area contributed by atoms with Gasteiger partial charge in [-0.3, -0.25) is 0 Å². The normalized spacial score (nSPS) is 12.1. The van der Waals surface area contributed by atoms with E-state index in [-0.39, 0.29) is 0 Å². The minimum Gasteiger partial charge on any atom is -0.497 e. The van der Waals surface area contributed by atoms with Crippen LogP contribution >= 0.6 is 23.2 Å². The Kier molecular flexibility index (Phi) is 3.04. The number of methoxy groups -OCH3 is 1. The highest BCUT2D eigenvalue weighted by atomic mass is 35.5. The molecule has 3 heteroatoms. The lowest BCUT2D eigenvalue weighted by molar-refractivity contribution is 0.415. The van der Waals surface area contributed by atoms with Crippen LogP contribution in [0.1, 0.15) is 16.7 Å². The molecule has 1 aliphatic rings. The lowest BCUT2D eigenvalue weighted by Gasteiger charge is -2.04. The van der Waals surface area contributed by atoms with Crippen molar-refractivity contribution in [1.29, 1.82) is 0 Å². The molecule has 0 unspecified atom stereocenters. The molecule has 0 radical (unpaired) electrons. The molecule has 0 saturated carbocycles. The van der Waals surface area contributed by atoms with E-state index in [2.05, 4.69) is 25.1 Å². The molecule has 0 bridgehead atoms. The van der Waals surface area contributed by atoms with E-state index < -0.39 is 0 Å². The van der Waals surface area contributed by atoms with Crippen LogP contribution in [0.2, 0.25) is 0 Å². The quantitative estimate of drug-likeness (QED) is 0.600. The summed E-state index contributed by atoms with van der Waals surface area (Å²) in [5.41, 5.74) is 6.49. The van der Waals surface area contributed by atoms with Gasteiger partial charge in [0.05, 0.1) is 7.11 Å². The third kappa shape index (κ3) is 1.94. The fourth-order valence-electron chi connectivity index (χ4n) is 2.54. The lowest BCUT2D eigenvalue weighted by atomic mass is 10.0. The monoisotopic (exact) mass is 290 g/mol. The predicted molar refractivity (Wildman–Crippen MR) is 80.9 cm³/mol. The van der Waals surface area contributed by atoms with Crippen molar-refractivity contribution in [1.82, 2.24) is 0 Å². The summed E-state index contributed by atoms with van der Waals surface area (Å²) in [7, 11) is 1.66. The van der Waals surface area contributed by atoms with Crippen LogP contribution in [0.15, 0.2) is 40.9 Å². The molecule has 1 nitrogen and oxygen atoms in total. The van der Waals surface area contributed by atoms with Crippen LogP contribution in [0.5, 0.6) is 5.75 Å². The van der Waals surface area contributed by atoms with E-state index >= 15 is 0 Å². The molecule has 0 saturated heterocycles. The summed E-state index contributed by atoms with van der Waals surface area (Å²) in [4.78, 5) is 0. The van der Waals surface area contributed by atoms with Crippen LogP contribution in [-0.4, -0.2) is 7.11 Å². The van der Waals surface area contributed by atoms with E-state index in [1.807, 2.05) is 18.2 Å². The predicted octanol–water partition coefficient (Wildman–Crippen LogP) is 5.18. The summed E-state index contributed by atoms with van der Waals surface area (Å²) in [6, 6.07) is 12.3. The minimum absolute atomic E-state index is 0.302. The first-order valence-electron chi connectivity index (χ1n) is 5.97. The van der Waals surface area contributed by atoms with Gasteiger partial charge in [0.2, 0.25) is 0 Å². The maximum Gasteiger partial charge on any atom is 0.119 e. The molecule has 0 aromatic heterocycles.